The highest BCUT2D eigenvalue weighted by Gasteiger charge is 2.14. The lowest BCUT2D eigenvalue weighted by Gasteiger charge is -2.17. The molecule has 20 heavy (non-hydrogen) atoms. The smallest absolute Gasteiger partial charge is 0.147 e. The Bertz CT molecular complexity index is 680. The summed E-state index contributed by atoms with van der Waals surface area (Å²) in [6.07, 6.45) is 4.21. The van der Waals surface area contributed by atoms with Gasteiger partial charge in [-0.05, 0) is 24.5 Å². The second-order valence-electron chi connectivity index (χ2n) is 4.91. The van der Waals surface area contributed by atoms with Gasteiger partial charge in [0.2, 0.25) is 0 Å². The number of rotatable bonds is 6. The quantitative estimate of drug-likeness (QED) is 0.623. The monoisotopic (exact) mass is 293 g/mol. The van der Waals surface area contributed by atoms with E-state index < -0.39 is 9.84 Å². The third-order valence-electron chi connectivity index (χ3n) is 3.25. The third kappa shape index (κ3) is 3.75. The van der Waals surface area contributed by atoms with Crippen molar-refractivity contribution >= 4 is 20.7 Å². The minimum absolute atomic E-state index is 0.102. The Morgan fingerprint density at radius 1 is 1.30 bits per heavy atom. The molecule has 108 valence electrons. The first-order valence-electron chi connectivity index (χ1n) is 6.49. The number of pyridine rings is 1. The predicted molar refractivity (Wildman–Crippen MR) is 80.8 cm³/mol. The molecule has 3 N–H and O–H groups in total. The highest BCUT2D eigenvalue weighted by atomic mass is 32.2. The number of nitrogens with two attached hydrogens (primary N) is 1. The highest BCUT2D eigenvalue weighted by molar-refractivity contribution is 7.90. The molecule has 1 aromatic heterocycles. The summed E-state index contributed by atoms with van der Waals surface area (Å²) in [5.41, 5.74) is 4.66. The molecule has 0 bridgehead atoms. The Labute approximate surface area is 119 Å². The van der Waals surface area contributed by atoms with Crippen LogP contribution < -0.4 is 11.3 Å². The van der Waals surface area contributed by atoms with Crippen molar-refractivity contribution in [1.29, 1.82) is 0 Å². The van der Waals surface area contributed by atoms with Crippen molar-refractivity contribution in [2.75, 3.05) is 12.0 Å². The molecule has 0 aliphatic carbocycles. The van der Waals surface area contributed by atoms with E-state index in [1.54, 1.807) is 6.20 Å². The van der Waals surface area contributed by atoms with Crippen LogP contribution in [0.2, 0.25) is 0 Å². The number of hydrogen-bond acceptors (Lipinski definition) is 5. The molecule has 0 saturated heterocycles. The molecule has 0 fully saturated rings. The molecule has 2 rings (SSSR count). The van der Waals surface area contributed by atoms with Crippen molar-refractivity contribution in [3.63, 3.8) is 0 Å². The fourth-order valence-corrected chi connectivity index (χ4v) is 2.98. The van der Waals surface area contributed by atoms with Crippen LogP contribution in [0.1, 0.15) is 24.4 Å². The van der Waals surface area contributed by atoms with E-state index >= 15 is 0 Å². The van der Waals surface area contributed by atoms with Gasteiger partial charge in [0.1, 0.15) is 9.84 Å². The number of nitrogens with one attached hydrogen (secondary N) is 1. The van der Waals surface area contributed by atoms with E-state index in [0.717, 1.165) is 16.5 Å². The molecule has 1 unspecified atom stereocenters. The minimum atomic E-state index is -2.94. The van der Waals surface area contributed by atoms with Crippen molar-refractivity contribution in [1.82, 2.24) is 10.4 Å². The average molecular weight is 293 g/mol. The van der Waals surface area contributed by atoms with E-state index in [2.05, 4.69) is 10.4 Å². The number of benzene rings is 1. The van der Waals surface area contributed by atoms with Crippen molar-refractivity contribution in [2.45, 2.75) is 18.9 Å². The van der Waals surface area contributed by atoms with E-state index in [-0.39, 0.29) is 11.8 Å². The standard InChI is InChI=1S/C14H19N3O2S/c1-20(18,19)10-4-8-13(17-15)12-7-2-5-11-6-3-9-16-14(11)12/h2-3,5-7,9,13,17H,4,8,10,15H2,1H3. The van der Waals surface area contributed by atoms with Gasteiger partial charge < -0.3 is 0 Å². The third-order valence-corrected chi connectivity index (χ3v) is 4.28. The molecule has 1 heterocycles. The summed E-state index contributed by atoms with van der Waals surface area (Å²) in [4.78, 5) is 4.39. The molecular formula is C14H19N3O2S. The SMILES string of the molecule is CS(=O)(=O)CCCC(NN)c1cccc2cccnc12. The van der Waals surface area contributed by atoms with Crippen molar-refractivity contribution in [2.24, 2.45) is 5.84 Å². The average Bonchev–Trinajstić information content (AvgIpc) is 2.42. The van der Waals surface area contributed by atoms with Crippen LogP contribution in [0.25, 0.3) is 10.9 Å². The van der Waals surface area contributed by atoms with Crippen LogP contribution in [-0.4, -0.2) is 25.4 Å². The number of hydrazine groups is 1. The van der Waals surface area contributed by atoms with E-state index in [4.69, 9.17) is 5.84 Å². The predicted octanol–water partition coefficient (Wildman–Crippen LogP) is 1.56. The summed E-state index contributed by atoms with van der Waals surface area (Å²) in [6.45, 7) is 0. The van der Waals surface area contributed by atoms with Gasteiger partial charge in [-0.2, -0.15) is 0 Å². The summed E-state index contributed by atoms with van der Waals surface area (Å²) in [5, 5.41) is 1.05. The molecule has 0 aliphatic heterocycles. The molecule has 2 aromatic rings. The molecule has 0 aliphatic rings. The van der Waals surface area contributed by atoms with Crippen LogP contribution in [0.5, 0.6) is 0 Å². The van der Waals surface area contributed by atoms with Crippen LogP contribution in [0.4, 0.5) is 0 Å². The van der Waals surface area contributed by atoms with Gasteiger partial charge in [0, 0.05) is 29.6 Å². The number of sulfone groups is 1. The van der Waals surface area contributed by atoms with Gasteiger partial charge in [0.25, 0.3) is 0 Å². The van der Waals surface area contributed by atoms with Gasteiger partial charge in [-0.1, -0.05) is 24.3 Å². The Morgan fingerprint density at radius 3 is 2.75 bits per heavy atom. The maximum Gasteiger partial charge on any atom is 0.147 e. The Balaban J connectivity index is 2.21. The lowest BCUT2D eigenvalue weighted by molar-refractivity contribution is 0.510. The van der Waals surface area contributed by atoms with E-state index in [1.165, 1.54) is 6.26 Å². The van der Waals surface area contributed by atoms with Gasteiger partial charge >= 0.3 is 0 Å². The zero-order chi connectivity index (χ0) is 14.6. The van der Waals surface area contributed by atoms with Crippen molar-refractivity contribution in [3.05, 3.63) is 42.1 Å². The van der Waals surface area contributed by atoms with Crippen LogP contribution in [0.3, 0.4) is 0 Å². The maximum atomic E-state index is 11.2. The Morgan fingerprint density at radius 2 is 2.05 bits per heavy atom. The zero-order valence-corrected chi connectivity index (χ0v) is 12.2. The van der Waals surface area contributed by atoms with Crippen molar-refractivity contribution in [3.8, 4) is 0 Å². The largest absolute Gasteiger partial charge is 0.271 e. The Hall–Kier alpha value is -1.50. The number of fused-ring (bicyclic) bond motifs is 1. The first-order valence-corrected chi connectivity index (χ1v) is 8.55. The van der Waals surface area contributed by atoms with E-state index in [9.17, 15) is 8.42 Å². The van der Waals surface area contributed by atoms with Crippen LogP contribution in [-0.2, 0) is 9.84 Å². The summed E-state index contributed by atoms with van der Waals surface area (Å²) < 4.78 is 22.4. The topological polar surface area (TPSA) is 85.1 Å². The number of hydrogen-bond donors (Lipinski definition) is 2. The highest BCUT2D eigenvalue weighted by Crippen LogP contribution is 2.25. The lowest BCUT2D eigenvalue weighted by atomic mass is 10.00. The van der Waals surface area contributed by atoms with Crippen LogP contribution in [0, 0.1) is 0 Å². The lowest BCUT2D eigenvalue weighted by Crippen LogP contribution is -2.28. The van der Waals surface area contributed by atoms with Gasteiger partial charge in [0.05, 0.1) is 5.52 Å². The fraction of sp³-hybridized carbons (Fsp3) is 0.357. The summed E-state index contributed by atoms with van der Waals surface area (Å²) in [5.74, 6) is 5.79. The number of aromatic nitrogens is 1. The second kappa shape index (κ2) is 6.30. The molecule has 1 aromatic carbocycles. The molecule has 0 saturated carbocycles. The number of nitrogens with zero attached hydrogens (tertiary/aromatic N) is 1. The fourth-order valence-electron chi connectivity index (χ4n) is 2.29. The van der Waals surface area contributed by atoms with Gasteiger partial charge in [0.15, 0.2) is 0 Å². The van der Waals surface area contributed by atoms with Gasteiger partial charge in [-0.3, -0.25) is 16.3 Å². The zero-order valence-electron chi connectivity index (χ0n) is 11.4. The molecule has 1 atom stereocenters. The summed E-state index contributed by atoms with van der Waals surface area (Å²) in [7, 11) is -2.94. The van der Waals surface area contributed by atoms with Crippen LogP contribution in [0.15, 0.2) is 36.5 Å². The molecule has 0 radical (unpaired) electrons. The van der Waals surface area contributed by atoms with Gasteiger partial charge in [-0.25, -0.2) is 8.42 Å². The van der Waals surface area contributed by atoms with E-state index in [1.807, 2.05) is 30.3 Å². The molecule has 0 amide bonds. The minimum Gasteiger partial charge on any atom is -0.271 e. The maximum absolute atomic E-state index is 11.2. The van der Waals surface area contributed by atoms with E-state index in [0.29, 0.717) is 12.8 Å². The molecular weight excluding hydrogens is 274 g/mol. The Kier molecular flexibility index (Phi) is 4.69. The van der Waals surface area contributed by atoms with Crippen molar-refractivity contribution < 1.29 is 8.42 Å². The first kappa shape index (κ1) is 14.9. The summed E-state index contributed by atoms with van der Waals surface area (Å²) in [6, 6.07) is 9.71. The molecule has 6 heteroatoms. The number of para-hydroxylation sites is 1. The van der Waals surface area contributed by atoms with Gasteiger partial charge in [-0.15, -0.1) is 0 Å². The normalized spacial score (nSPS) is 13.5. The van der Waals surface area contributed by atoms with Crippen LogP contribution >= 0.6 is 0 Å². The molecule has 5 nitrogen and oxygen atoms in total. The second-order valence-corrected chi connectivity index (χ2v) is 7.17. The summed E-state index contributed by atoms with van der Waals surface area (Å²) >= 11 is 0. The molecule has 0 spiro atoms. The first-order chi connectivity index (χ1) is 9.51.